The summed E-state index contributed by atoms with van der Waals surface area (Å²) in [6, 6.07) is 0. The van der Waals surface area contributed by atoms with Crippen LogP contribution in [0.2, 0.25) is 0 Å². The average Bonchev–Trinajstić information content (AvgIpc) is 2.18. The first kappa shape index (κ1) is 13.8. The highest BCUT2D eigenvalue weighted by molar-refractivity contribution is 4.85. The molecule has 0 aromatic carbocycles. The van der Waals surface area contributed by atoms with Crippen LogP contribution in [0.25, 0.3) is 0 Å². The number of hydrogen-bond donors (Lipinski definition) is 1. The van der Waals surface area contributed by atoms with Crippen LogP contribution >= 0.6 is 0 Å². The predicted octanol–water partition coefficient (Wildman–Crippen LogP) is 0.319. The molecular weight excluding hydrogens is 180 g/mol. The van der Waals surface area contributed by atoms with Crippen molar-refractivity contribution < 1.29 is 9.47 Å². The van der Waals surface area contributed by atoms with Crippen molar-refractivity contribution in [3.05, 3.63) is 0 Å². The number of nitrogens with zero attached hydrogens (tertiary/aromatic N) is 1. The third kappa shape index (κ3) is 4.37. The molecule has 0 saturated heterocycles. The summed E-state index contributed by atoms with van der Waals surface area (Å²) in [4.78, 5) is 2.23. The Kier molecular flexibility index (Phi) is 7.09. The van der Waals surface area contributed by atoms with Crippen LogP contribution in [-0.4, -0.2) is 58.0 Å². The Labute approximate surface area is 87.4 Å². The van der Waals surface area contributed by atoms with Gasteiger partial charge in [0.05, 0.1) is 12.1 Å². The smallest absolute Gasteiger partial charge is 0.0656 e. The highest BCUT2D eigenvalue weighted by Crippen LogP contribution is 2.12. The van der Waals surface area contributed by atoms with Gasteiger partial charge in [-0.1, -0.05) is 0 Å². The molecule has 4 heteroatoms. The molecule has 0 amide bonds. The van der Waals surface area contributed by atoms with Crippen LogP contribution in [0.5, 0.6) is 0 Å². The highest BCUT2D eigenvalue weighted by atomic mass is 16.5. The van der Waals surface area contributed by atoms with Gasteiger partial charge >= 0.3 is 0 Å². The van der Waals surface area contributed by atoms with Gasteiger partial charge in [-0.15, -0.1) is 0 Å². The molecule has 0 aliphatic carbocycles. The van der Waals surface area contributed by atoms with Crippen molar-refractivity contribution >= 4 is 0 Å². The van der Waals surface area contributed by atoms with Gasteiger partial charge in [-0.2, -0.15) is 0 Å². The molecule has 1 atom stereocenters. The lowest BCUT2D eigenvalue weighted by molar-refractivity contribution is 0.0387. The van der Waals surface area contributed by atoms with Gasteiger partial charge in [0.25, 0.3) is 0 Å². The summed E-state index contributed by atoms with van der Waals surface area (Å²) in [6.07, 6.45) is 1.02. The van der Waals surface area contributed by atoms with Crippen LogP contribution in [0, 0.1) is 0 Å². The fourth-order valence-electron chi connectivity index (χ4n) is 1.35. The number of nitrogens with two attached hydrogens (primary N) is 1. The zero-order valence-corrected chi connectivity index (χ0v) is 9.88. The van der Waals surface area contributed by atoms with Crippen molar-refractivity contribution in [2.45, 2.75) is 18.9 Å². The Balaban J connectivity index is 3.95. The Bertz CT molecular complexity index is 144. The van der Waals surface area contributed by atoms with E-state index in [1.807, 2.05) is 0 Å². The molecule has 0 saturated carbocycles. The second kappa shape index (κ2) is 7.17. The van der Waals surface area contributed by atoms with Gasteiger partial charge in [0.2, 0.25) is 0 Å². The van der Waals surface area contributed by atoms with Crippen molar-refractivity contribution in [2.24, 2.45) is 5.73 Å². The molecule has 0 aromatic rings. The van der Waals surface area contributed by atoms with Crippen molar-refractivity contribution in [2.75, 3.05) is 47.6 Å². The topological polar surface area (TPSA) is 47.7 Å². The Morgan fingerprint density at radius 3 is 2.36 bits per heavy atom. The van der Waals surface area contributed by atoms with Gasteiger partial charge in [0.1, 0.15) is 0 Å². The SMILES string of the molecule is COCCCN(C)C(C)(CN)COC. The van der Waals surface area contributed by atoms with E-state index in [2.05, 4.69) is 18.9 Å². The van der Waals surface area contributed by atoms with E-state index in [-0.39, 0.29) is 5.54 Å². The molecule has 0 radical (unpaired) electrons. The normalized spacial score (nSPS) is 15.9. The third-order valence-electron chi connectivity index (χ3n) is 2.66. The van der Waals surface area contributed by atoms with Crippen LogP contribution < -0.4 is 5.73 Å². The summed E-state index contributed by atoms with van der Waals surface area (Å²) < 4.78 is 10.2. The van der Waals surface area contributed by atoms with Crippen LogP contribution in [0.3, 0.4) is 0 Å². The summed E-state index contributed by atoms with van der Waals surface area (Å²) in [7, 11) is 5.50. The van der Waals surface area contributed by atoms with E-state index in [1.165, 1.54) is 0 Å². The minimum atomic E-state index is -0.0670. The number of rotatable bonds is 8. The summed E-state index contributed by atoms with van der Waals surface area (Å²) >= 11 is 0. The minimum absolute atomic E-state index is 0.0670. The van der Waals surface area contributed by atoms with Crippen LogP contribution in [0.4, 0.5) is 0 Å². The molecule has 0 aliphatic rings. The fourth-order valence-corrected chi connectivity index (χ4v) is 1.35. The maximum Gasteiger partial charge on any atom is 0.0656 e. The van der Waals surface area contributed by atoms with Crippen LogP contribution in [0.1, 0.15) is 13.3 Å². The molecule has 0 bridgehead atoms. The maximum absolute atomic E-state index is 5.75. The third-order valence-corrected chi connectivity index (χ3v) is 2.66. The van der Waals surface area contributed by atoms with E-state index in [4.69, 9.17) is 15.2 Å². The monoisotopic (exact) mass is 204 g/mol. The molecule has 0 rings (SSSR count). The largest absolute Gasteiger partial charge is 0.385 e. The van der Waals surface area contributed by atoms with E-state index < -0.39 is 0 Å². The van der Waals surface area contributed by atoms with Crippen molar-refractivity contribution in [1.82, 2.24) is 4.90 Å². The van der Waals surface area contributed by atoms with Crippen molar-refractivity contribution in [1.29, 1.82) is 0 Å². The van der Waals surface area contributed by atoms with Gasteiger partial charge in [-0.3, -0.25) is 4.90 Å². The van der Waals surface area contributed by atoms with Gasteiger partial charge in [-0.25, -0.2) is 0 Å². The zero-order chi connectivity index (χ0) is 11.0. The summed E-state index contributed by atoms with van der Waals surface area (Å²) in [5, 5.41) is 0. The van der Waals surface area contributed by atoms with Gasteiger partial charge in [0.15, 0.2) is 0 Å². The lowest BCUT2D eigenvalue weighted by atomic mass is 10.0. The van der Waals surface area contributed by atoms with E-state index in [1.54, 1.807) is 14.2 Å². The quantitative estimate of drug-likeness (QED) is 0.578. The summed E-state index contributed by atoms with van der Waals surface area (Å²) in [5.41, 5.74) is 5.68. The van der Waals surface area contributed by atoms with E-state index in [0.29, 0.717) is 13.2 Å². The molecule has 0 fully saturated rings. The molecule has 0 spiro atoms. The molecule has 0 aliphatic heterocycles. The molecule has 1 unspecified atom stereocenters. The van der Waals surface area contributed by atoms with Gasteiger partial charge in [0, 0.05) is 33.9 Å². The Morgan fingerprint density at radius 1 is 1.29 bits per heavy atom. The van der Waals surface area contributed by atoms with E-state index in [0.717, 1.165) is 19.6 Å². The van der Waals surface area contributed by atoms with Crippen molar-refractivity contribution in [3.8, 4) is 0 Å². The summed E-state index contributed by atoms with van der Waals surface area (Å²) in [6.45, 7) is 5.14. The van der Waals surface area contributed by atoms with E-state index in [9.17, 15) is 0 Å². The molecule has 4 nitrogen and oxygen atoms in total. The molecule has 86 valence electrons. The summed E-state index contributed by atoms with van der Waals surface area (Å²) in [5.74, 6) is 0. The molecule has 0 heterocycles. The molecule has 14 heavy (non-hydrogen) atoms. The lowest BCUT2D eigenvalue weighted by Crippen LogP contribution is -2.53. The highest BCUT2D eigenvalue weighted by Gasteiger charge is 2.27. The number of likely N-dealkylation sites (N-methyl/N-ethyl adjacent to an activating group) is 1. The minimum Gasteiger partial charge on any atom is -0.385 e. The zero-order valence-electron chi connectivity index (χ0n) is 9.88. The number of hydrogen-bond acceptors (Lipinski definition) is 4. The molecule has 0 aromatic heterocycles. The maximum atomic E-state index is 5.75. The first-order valence-electron chi connectivity index (χ1n) is 5.00. The van der Waals surface area contributed by atoms with Gasteiger partial charge in [-0.05, 0) is 20.4 Å². The number of ether oxygens (including phenoxy) is 2. The average molecular weight is 204 g/mol. The molecule has 2 N–H and O–H groups in total. The second-order valence-electron chi connectivity index (χ2n) is 3.90. The second-order valence-corrected chi connectivity index (χ2v) is 3.90. The first-order valence-corrected chi connectivity index (χ1v) is 5.00. The van der Waals surface area contributed by atoms with E-state index >= 15 is 0 Å². The predicted molar refractivity (Wildman–Crippen MR) is 58.5 cm³/mol. The first-order chi connectivity index (χ1) is 6.60. The van der Waals surface area contributed by atoms with Gasteiger partial charge < -0.3 is 15.2 Å². The van der Waals surface area contributed by atoms with Crippen LogP contribution in [0.15, 0.2) is 0 Å². The van der Waals surface area contributed by atoms with Crippen molar-refractivity contribution in [3.63, 3.8) is 0 Å². The standard InChI is InChI=1S/C10H24N2O2/c1-10(8-11,9-14-4)12(2)6-5-7-13-3/h5-9,11H2,1-4H3. The number of methoxy groups -OCH3 is 2. The Morgan fingerprint density at radius 2 is 1.93 bits per heavy atom. The Hall–Kier alpha value is -0.160. The fraction of sp³-hybridized carbons (Fsp3) is 1.00. The lowest BCUT2D eigenvalue weighted by Gasteiger charge is -2.37. The molecular formula is C10H24N2O2. The van der Waals surface area contributed by atoms with Crippen LogP contribution in [-0.2, 0) is 9.47 Å².